The van der Waals surface area contributed by atoms with E-state index in [0.717, 1.165) is 23.9 Å². The molecule has 0 amide bonds. The van der Waals surface area contributed by atoms with E-state index in [-0.39, 0.29) is 0 Å². The lowest BCUT2D eigenvalue weighted by molar-refractivity contribution is 0.471. The van der Waals surface area contributed by atoms with Crippen molar-refractivity contribution in [1.29, 1.82) is 0 Å². The van der Waals surface area contributed by atoms with Crippen molar-refractivity contribution in [2.24, 2.45) is 17.6 Å². The van der Waals surface area contributed by atoms with Crippen LogP contribution in [0.1, 0.15) is 18.4 Å². The first-order chi connectivity index (χ1) is 6.81. The van der Waals surface area contributed by atoms with Gasteiger partial charge in [0.1, 0.15) is 0 Å². The summed E-state index contributed by atoms with van der Waals surface area (Å²) in [5, 5.41) is 0.881. The lowest BCUT2D eigenvalue weighted by Crippen LogP contribution is -2.18. The summed E-state index contributed by atoms with van der Waals surface area (Å²) in [7, 11) is 0. The van der Waals surface area contributed by atoms with E-state index in [9.17, 15) is 0 Å². The van der Waals surface area contributed by atoms with E-state index in [2.05, 4.69) is 6.07 Å². The second-order valence-corrected chi connectivity index (χ2v) is 4.54. The van der Waals surface area contributed by atoms with Gasteiger partial charge < -0.3 is 5.73 Å². The second-order valence-electron chi connectivity index (χ2n) is 4.13. The van der Waals surface area contributed by atoms with Crippen molar-refractivity contribution in [3.8, 4) is 0 Å². The molecule has 1 unspecified atom stereocenters. The van der Waals surface area contributed by atoms with Crippen molar-refractivity contribution in [2.45, 2.75) is 19.3 Å². The maximum absolute atomic E-state index is 6.11. The maximum atomic E-state index is 6.11. The number of benzene rings is 1. The molecule has 0 aromatic heterocycles. The SMILES string of the molecule is NCC(Cc1ccccc1Cl)C1CC1. The molecule has 1 atom stereocenters. The number of halogens is 1. The Labute approximate surface area is 90.3 Å². The van der Waals surface area contributed by atoms with E-state index in [1.54, 1.807) is 0 Å². The van der Waals surface area contributed by atoms with Crippen molar-refractivity contribution in [2.75, 3.05) is 6.54 Å². The molecule has 1 aromatic carbocycles. The van der Waals surface area contributed by atoms with Crippen LogP contribution in [0.2, 0.25) is 5.02 Å². The Kier molecular flexibility index (Phi) is 3.09. The molecule has 0 spiro atoms. The van der Waals surface area contributed by atoms with Crippen LogP contribution in [0.3, 0.4) is 0 Å². The van der Waals surface area contributed by atoms with Gasteiger partial charge >= 0.3 is 0 Å². The third kappa shape index (κ3) is 2.28. The van der Waals surface area contributed by atoms with Crippen LogP contribution in [0.25, 0.3) is 0 Å². The van der Waals surface area contributed by atoms with Crippen molar-refractivity contribution in [3.63, 3.8) is 0 Å². The molecule has 0 aliphatic heterocycles. The second kappa shape index (κ2) is 4.33. The smallest absolute Gasteiger partial charge is 0.0438 e. The Morgan fingerprint density at radius 2 is 2.07 bits per heavy atom. The van der Waals surface area contributed by atoms with Gasteiger partial charge in [-0.1, -0.05) is 29.8 Å². The molecule has 0 heterocycles. The zero-order valence-electron chi connectivity index (χ0n) is 8.25. The molecule has 0 saturated heterocycles. The summed E-state index contributed by atoms with van der Waals surface area (Å²) in [5.74, 6) is 1.49. The Balaban J connectivity index is 2.04. The number of rotatable bonds is 4. The van der Waals surface area contributed by atoms with Gasteiger partial charge in [-0.15, -0.1) is 0 Å². The van der Waals surface area contributed by atoms with Gasteiger partial charge in [-0.05, 0) is 49.3 Å². The highest BCUT2D eigenvalue weighted by molar-refractivity contribution is 6.31. The van der Waals surface area contributed by atoms with Crippen LogP contribution in [0.4, 0.5) is 0 Å². The van der Waals surface area contributed by atoms with Crippen molar-refractivity contribution >= 4 is 11.6 Å². The number of hydrogen-bond acceptors (Lipinski definition) is 1. The Bertz CT molecular complexity index is 307. The fourth-order valence-electron chi connectivity index (χ4n) is 1.96. The molecule has 1 aliphatic rings. The van der Waals surface area contributed by atoms with E-state index in [1.165, 1.54) is 18.4 Å². The topological polar surface area (TPSA) is 26.0 Å². The molecule has 0 bridgehead atoms. The van der Waals surface area contributed by atoms with Gasteiger partial charge in [0.05, 0.1) is 0 Å². The summed E-state index contributed by atoms with van der Waals surface area (Å²) >= 11 is 6.11. The van der Waals surface area contributed by atoms with Crippen molar-refractivity contribution in [3.05, 3.63) is 34.9 Å². The molecule has 1 saturated carbocycles. The quantitative estimate of drug-likeness (QED) is 0.811. The lowest BCUT2D eigenvalue weighted by Gasteiger charge is -2.14. The monoisotopic (exact) mass is 209 g/mol. The molecule has 1 aromatic rings. The summed E-state index contributed by atoms with van der Waals surface area (Å²) < 4.78 is 0. The zero-order valence-corrected chi connectivity index (χ0v) is 9.00. The summed E-state index contributed by atoms with van der Waals surface area (Å²) in [6, 6.07) is 8.08. The van der Waals surface area contributed by atoms with Crippen LogP contribution >= 0.6 is 11.6 Å². The number of hydrogen-bond donors (Lipinski definition) is 1. The fraction of sp³-hybridized carbons (Fsp3) is 0.500. The van der Waals surface area contributed by atoms with Gasteiger partial charge in [-0.3, -0.25) is 0 Å². The van der Waals surface area contributed by atoms with E-state index in [0.29, 0.717) is 5.92 Å². The summed E-state index contributed by atoms with van der Waals surface area (Å²) in [6.07, 6.45) is 3.75. The van der Waals surface area contributed by atoms with E-state index in [1.807, 2.05) is 18.2 Å². The molecule has 2 rings (SSSR count). The minimum absolute atomic E-state index is 0.634. The van der Waals surface area contributed by atoms with E-state index >= 15 is 0 Å². The van der Waals surface area contributed by atoms with Crippen LogP contribution < -0.4 is 5.73 Å². The Hall–Kier alpha value is -0.530. The summed E-state index contributed by atoms with van der Waals surface area (Å²) in [5.41, 5.74) is 7.02. The molecule has 2 heteroatoms. The largest absolute Gasteiger partial charge is 0.330 e. The highest BCUT2D eigenvalue weighted by Crippen LogP contribution is 2.38. The summed E-state index contributed by atoms with van der Waals surface area (Å²) in [6.45, 7) is 0.788. The highest BCUT2D eigenvalue weighted by atomic mass is 35.5. The average molecular weight is 210 g/mol. The molecule has 1 aliphatic carbocycles. The van der Waals surface area contributed by atoms with E-state index in [4.69, 9.17) is 17.3 Å². The van der Waals surface area contributed by atoms with Crippen LogP contribution in [-0.4, -0.2) is 6.54 Å². The zero-order chi connectivity index (χ0) is 9.97. The number of nitrogens with two attached hydrogens (primary N) is 1. The molecule has 2 N–H and O–H groups in total. The van der Waals surface area contributed by atoms with Gasteiger partial charge in [0.2, 0.25) is 0 Å². The van der Waals surface area contributed by atoms with Crippen LogP contribution in [-0.2, 0) is 6.42 Å². The molecular formula is C12H16ClN. The molecule has 1 nitrogen and oxygen atoms in total. The minimum atomic E-state index is 0.634. The maximum Gasteiger partial charge on any atom is 0.0438 e. The third-order valence-corrected chi connectivity index (χ3v) is 3.40. The average Bonchev–Trinajstić information content (AvgIpc) is 3.00. The Morgan fingerprint density at radius 3 is 2.64 bits per heavy atom. The first-order valence-electron chi connectivity index (χ1n) is 5.24. The van der Waals surface area contributed by atoms with Gasteiger partial charge in [-0.25, -0.2) is 0 Å². The molecule has 76 valence electrons. The van der Waals surface area contributed by atoms with Crippen LogP contribution in [0, 0.1) is 11.8 Å². The minimum Gasteiger partial charge on any atom is -0.330 e. The normalized spacial score (nSPS) is 18.1. The summed E-state index contributed by atoms with van der Waals surface area (Å²) in [4.78, 5) is 0. The predicted molar refractivity (Wildman–Crippen MR) is 60.4 cm³/mol. The van der Waals surface area contributed by atoms with E-state index < -0.39 is 0 Å². The van der Waals surface area contributed by atoms with Crippen molar-refractivity contribution < 1.29 is 0 Å². The van der Waals surface area contributed by atoms with Gasteiger partial charge in [0.25, 0.3) is 0 Å². The van der Waals surface area contributed by atoms with Crippen molar-refractivity contribution in [1.82, 2.24) is 0 Å². The fourth-order valence-corrected chi connectivity index (χ4v) is 2.17. The van der Waals surface area contributed by atoms with Gasteiger partial charge in [0, 0.05) is 5.02 Å². The van der Waals surface area contributed by atoms with Crippen LogP contribution in [0.15, 0.2) is 24.3 Å². The molecule has 1 fully saturated rings. The first kappa shape index (κ1) is 10.0. The highest BCUT2D eigenvalue weighted by Gasteiger charge is 2.30. The first-order valence-corrected chi connectivity index (χ1v) is 5.62. The molecule has 0 radical (unpaired) electrons. The molecular weight excluding hydrogens is 194 g/mol. The standard InChI is InChI=1S/C12H16ClN/c13-12-4-2-1-3-10(12)7-11(8-14)9-5-6-9/h1-4,9,11H,5-8,14H2. The predicted octanol–water partition coefficient (Wildman–Crippen LogP) is 2.87. The third-order valence-electron chi connectivity index (χ3n) is 3.03. The Morgan fingerprint density at radius 1 is 1.36 bits per heavy atom. The lowest BCUT2D eigenvalue weighted by atomic mass is 9.95. The van der Waals surface area contributed by atoms with Gasteiger partial charge in [0.15, 0.2) is 0 Å². The van der Waals surface area contributed by atoms with Gasteiger partial charge in [-0.2, -0.15) is 0 Å². The van der Waals surface area contributed by atoms with Crippen LogP contribution in [0.5, 0.6) is 0 Å². The molecule has 14 heavy (non-hydrogen) atoms.